The van der Waals surface area contributed by atoms with Gasteiger partial charge < -0.3 is 9.84 Å². The van der Waals surface area contributed by atoms with Crippen molar-refractivity contribution in [3.05, 3.63) is 18.0 Å². The van der Waals surface area contributed by atoms with Crippen LogP contribution in [0.2, 0.25) is 0 Å². The third-order valence-electron chi connectivity index (χ3n) is 2.73. The second-order valence-corrected chi connectivity index (χ2v) is 4.47. The van der Waals surface area contributed by atoms with Crippen molar-refractivity contribution in [2.75, 3.05) is 26.9 Å². The molecule has 1 rings (SSSR count). The number of aromatic nitrogens is 2. The maximum Gasteiger partial charge on any atom is 0.0610 e. The molecule has 5 nitrogen and oxygen atoms in total. The van der Waals surface area contributed by atoms with Gasteiger partial charge in [-0.1, -0.05) is 0 Å². The topological polar surface area (TPSA) is 61.4 Å². The highest BCUT2D eigenvalue weighted by Crippen LogP contribution is 2.16. The van der Waals surface area contributed by atoms with Gasteiger partial charge in [0, 0.05) is 37.6 Å². The molecule has 0 aliphatic rings. The van der Waals surface area contributed by atoms with E-state index in [1.807, 2.05) is 19.9 Å². The van der Waals surface area contributed by atoms with Crippen LogP contribution in [0.5, 0.6) is 0 Å². The molecular weight excluding hydrogens is 206 g/mol. The number of aliphatic hydroxyl groups excluding tert-OH is 1. The van der Waals surface area contributed by atoms with Crippen LogP contribution in [0, 0.1) is 0 Å². The normalized spacial score (nSPS) is 12.3. The molecular formula is C11H21N3O2. The number of methoxy groups -OCH3 is 1. The molecule has 0 amide bonds. The Morgan fingerprint density at radius 3 is 2.81 bits per heavy atom. The zero-order valence-electron chi connectivity index (χ0n) is 10.2. The highest BCUT2D eigenvalue weighted by molar-refractivity contribution is 4.99. The summed E-state index contributed by atoms with van der Waals surface area (Å²) >= 11 is 0. The maximum atomic E-state index is 9.38. The van der Waals surface area contributed by atoms with Crippen LogP contribution in [-0.4, -0.2) is 52.6 Å². The molecule has 16 heavy (non-hydrogen) atoms. The summed E-state index contributed by atoms with van der Waals surface area (Å²) in [7, 11) is 1.68. The Hall–Kier alpha value is -0.910. The lowest BCUT2D eigenvalue weighted by molar-refractivity contribution is 0.0290. The average molecular weight is 227 g/mol. The first-order valence-corrected chi connectivity index (χ1v) is 5.43. The lowest BCUT2D eigenvalue weighted by Gasteiger charge is -2.36. The summed E-state index contributed by atoms with van der Waals surface area (Å²) < 4.78 is 5.08. The fraction of sp³-hybridized carbons (Fsp3) is 0.727. The second kappa shape index (κ2) is 5.98. The summed E-state index contributed by atoms with van der Waals surface area (Å²) in [6.07, 6.45) is 1.73. The number of aromatic amines is 1. The van der Waals surface area contributed by atoms with Gasteiger partial charge in [-0.2, -0.15) is 5.10 Å². The minimum atomic E-state index is -0.260. The van der Waals surface area contributed by atoms with E-state index in [1.54, 1.807) is 13.3 Å². The number of rotatable bonds is 7. The largest absolute Gasteiger partial charge is 0.394 e. The molecule has 0 unspecified atom stereocenters. The number of aliphatic hydroxyl groups is 1. The van der Waals surface area contributed by atoms with Crippen molar-refractivity contribution < 1.29 is 9.84 Å². The fourth-order valence-electron chi connectivity index (χ4n) is 1.48. The number of hydrogen-bond acceptors (Lipinski definition) is 4. The summed E-state index contributed by atoms with van der Waals surface area (Å²) in [6.45, 7) is 6.31. The predicted octanol–water partition coefficient (Wildman–Crippen LogP) is 0.629. The second-order valence-electron chi connectivity index (χ2n) is 4.47. The summed E-state index contributed by atoms with van der Waals surface area (Å²) in [4.78, 5) is 2.17. The Morgan fingerprint density at radius 1 is 1.56 bits per heavy atom. The molecule has 0 aromatic carbocycles. The van der Waals surface area contributed by atoms with E-state index in [2.05, 4.69) is 15.1 Å². The molecule has 1 aromatic rings. The highest BCUT2D eigenvalue weighted by Gasteiger charge is 2.25. The number of nitrogens with one attached hydrogen (secondary N) is 1. The van der Waals surface area contributed by atoms with E-state index in [4.69, 9.17) is 4.74 Å². The van der Waals surface area contributed by atoms with Gasteiger partial charge in [-0.15, -0.1) is 0 Å². The molecule has 0 aliphatic carbocycles. The highest BCUT2D eigenvalue weighted by atomic mass is 16.5. The minimum Gasteiger partial charge on any atom is -0.394 e. The Kier molecular flexibility index (Phi) is 4.92. The molecule has 0 aliphatic heterocycles. The standard InChI is InChI=1S/C11H21N3O2/c1-11(2,9-15)14(6-7-16-3)8-10-4-5-12-13-10/h4-5,15H,6-9H2,1-3H3,(H,12,13). The SMILES string of the molecule is COCCN(Cc1ccn[nH]1)C(C)(C)CO. The van der Waals surface area contributed by atoms with Crippen LogP contribution in [0.1, 0.15) is 19.5 Å². The van der Waals surface area contributed by atoms with Crippen molar-refractivity contribution in [2.24, 2.45) is 0 Å². The summed E-state index contributed by atoms with van der Waals surface area (Å²) in [5.74, 6) is 0. The molecule has 2 N–H and O–H groups in total. The van der Waals surface area contributed by atoms with Crippen LogP contribution >= 0.6 is 0 Å². The fourth-order valence-corrected chi connectivity index (χ4v) is 1.48. The van der Waals surface area contributed by atoms with E-state index in [0.29, 0.717) is 6.61 Å². The molecule has 1 aromatic heterocycles. The Balaban J connectivity index is 2.63. The molecule has 0 saturated heterocycles. The molecule has 0 fully saturated rings. The van der Waals surface area contributed by atoms with E-state index >= 15 is 0 Å². The van der Waals surface area contributed by atoms with E-state index in [1.165, 1.54) is 0 Å². The summed E-state index contributed by atoms with van der Waals surface area (Å²) in [5.41, 5.74) is 0.779. The zero-order valence-corrected chi connectivity index (χ0v) is 10.2. The van der Waals surface area contributed by atoms with Crippen molar-refractivity contribution in [1.82, 2.24) is 15.1 Å². The van der Waals surface area contributed by atoms with Crippen LogP contribution < -0.4 is 0 Å². The smallest absolute Gasteiger partial charge is 0.0610 e. The van der Waals surface area contributed by atoms with Crippen LogP contribution in [0.15, 0.2) is 12.3 Å². The third kappa shape index (κ3) is 3.59. The van der Waals surface area contributed by atoms with Gasteiger partial charge >= 0.3 is 0 Å². The van der Waals surface area contributed by atoms with Crippen molar-refractivity contribution in [1.29, 1.82) is 0 Å². The number of hydrogen-bond donors (Lipinski definition) is 2. The Morgan fingerprint density at radius 2 is 2.31 bits per heavy atom. The molecule has 0 spiro atoms. The van der Waals surface area contributed by atoms with Crippen molar-refractivity contribution >= 4 is 0 Å². The van der Waals surface area contributed by atoms with Crippen molar-refractivity contribution in [2.45, 2.75) is 25.9 Å². The van der Waals surface area contributed by atoms with Gasteiger partial charge in [-0.25, -0.2) is 0 Å². The van der Waals surface area contributed by atoms with Crippen molar-refractivity contribution in [3.63, 3.8) is 0 Å². The van der Waals surface area contributed by atoms with Crippen molar-refractivity contribution in [3.8, 4) is 0 Å². The first-order valence-electron chi connectivity index (χ1n) is 5.43. The Bertz CT molecular complexity index is 285. The molecule has 0 atom stereocenters. The van der Waals surface area contributed by atoms with Crippen LogP contribution in [0.3, 0.4) is 0 Å². The number of ether oxygens (including phenoxy) is 1. The monoisotopic (exact) mass is 227 g/mol. The van der Waals surface area contributed by atoms with Crippen LogP contribution in [0.4, 0.5) is 0 Å². The first-order chi connectivity index (χ1) is 7.60. The number of nitrogens with zero attached hydrogens (tertiary/aromatic N) is 2. The van der Waals surface area contributed by atoms with Gasteiger partial charge in [-0.3, -0.25) is 10.00 Å². The van der Waals surface area contributed by atoms with Gasteiger partial charge in [0.15, 0.2) is 0 Å². The van der Waals surface area contributed by atoms with Gasteiger partial charge in [0.1, 0.15) is 0 Å². The van der Waals surface area contributed by atoms with Gasteiger partial charge in [-0.05, 0) is 19.9 Å². The van der Waals surface area contributed by atoms with E-state index in [0.717, 1.165) is 18.8 Å². The number of H-pyrrole nitrogens is 1. The van der Waals surface area contributed by atoms with Gasteiger partial charge in [0.2, 0.25) is 0 Å². The Labute approximate surface area is 96.4 Å². The van der Waals surface area contributed by atoms with E-state index in [-0.39, 0.29) is 12.1 Å². The molecule has 0 saturated carbocycles. The average Bonchev–Trinajstić information content (AvgIpc) is 2.76. The van der Waals surface area contributed by atoms with E-state index < -0.39 is 0 Å². The molecule has 92 valence electrons. The van der Waals surface area contributed by atoms with Gasteiger partial charge in [0.25, 0.3) is 0 Å². The summed E-state index contributed by atoms with van der Waals surface area (Å²) in [6, 6.07) is 1.94. The molecule has 0 radical (unpaired) electrons. The van der Waals surface area contributed by atoms with E-state index in [9.17, 15) is 5.11 Å². The lowest BCUT2D eigenvalue weighted by Crippen LogP contribution is -2.47. The predicted molar refractivity (Wildman–Crippen MR) is 62.0 cm³/mol. The summed E-state index contributed by atoms with van der Waals surface area (Å²) in [5, 5.41) is 16.2. The molecule has 0 bridgehead atoms. The third-order valence-corrected chi connectivity index (χ3v) is 2.73. The quantitative estimate of drug-likeness (QED) is 0.717. The molecule has 5 heteroatoms. The zero-order chi connectivity index (χ0) is 12.0. The van der Waals surface area contributed by atoms with Crippen LogP contribution in [-0.2, 0) is 11.3 Å². The first kappa shape index (κ1) is 13.2. The minimum absolute atomic E-state index is 0.116. The molecule has 1 heterocycles. The maximum absolute atomic E-state index is 9.38. The van der Waals surface area contributed by atoms with Gasteiger partial charge in [0.05, 0.1) is 13.2 Å². The van der Waals surface area contributed by atoms with Crippen LogP contribution in [0.25, 0.3) is 0 Å². The lowest BCUT2D eigenvalue weighted by atomic mass is 10.0.